The molecule has 1 saturated heterocycles. The second-order valence-corrected chi connectivity index (χ2v) is 6.15. The Morgan fingerprint density at radius 3 is 2.59 bits per heavy atom. The molecule has 1 aliphatic heterocycles. The molecule has 1 aromatic heterocycles. The summed E-state index contributed by atoms with van der Waals surface area (Å²) in [5, 5.41) is 3.09. The van der Waals surface area contributed by atoms with Crippen LogP contribution >= 0.6 is 0 Å². The van der Waals surface area contributed by atoms with Crippen LogP contribution in [-0.4, -0.2) is 66.0 Å². The molecule has 0 bridgehead atoms. The van der Waals surface area contributed by atoms with Crippen molar-refractivity contribution in [2.75, 3.05) is 39.3 Å². The fraction of sp³-hybridized carbons (Fsp3) is 0.647. The molecule has 1 atom stereocenters. The Balaban J connectivity index is 1.72. The first-order valence-electron chi connectivity index (χ1n) is 8.23. The summed E-state index contributed by atoms with van der Waals surface area (Å²) in [4.78, 5) is 21.3. The van der Waals surface area contributed by atoms with E-state index in [-0.39, 0.29) is 11.9 Å². The minimum absolute atomic E-state index is 0.110. The molecule has 1 unspecified atom stereocenters. The van der Waals surface area contributed by atoms with Crippen molar-refractivity contribution < 1.29 is 4.79 Å². The average Bonchev–Trinajstić information content (AvgIpc) is 2.47. The minimum Gasteiger partial charge on any atom is -0.352 e. The molecule has 0 aromatic carbocycles. The van der Waals surface area contributed by atoms with Crippen LogP contribution in [0.15, 0.2) is 18.2 Å². The maximum atomic E-state index is 12.1. The third kappa shape index (κ3) is 5.39. The van der Waals surface area contributed by atoms with E-state index in [1.54, 1.807) is 0 Å². The molecular weight excluding hydrogens is 276 g/mol. The molecule has 0 saturated carbocycles. The molecule has 0 aliphatic carbocycles. The Kier molecular flexibility index (Phi) is 6.34. The first-order chi connectivity index (χ1) is 10.6. The fourth-order valence-electron chi connectivity index (χ4n) is 2.87. The molecule has 122 valence electrons. The maximum Gasteiger partial charge on any atom is 0.234 e. The van der Waals surface area contributed by atoms with Gasteiger partial charge in [-0.3, -0.25) is 14.7 Å². The first kappa shape index (κ1) is 16.9. The van der Waals surface area contributed by atoms with Gasteiger partial charge in [0.05, 0.1) is 6.54 Å². The number of nitrogens with one attached hydrogen (secondary N) is 1. The van der Waals surface area contributed by atoms with E-state index in [2.05, 4.69) is 27.0 Å². The number of rotatable bonds is 6. The predicted molar refractivity (Wildman–Crippen MR) is 88.8 cm³/mol. The van der Waals surface area contributed by atoms with E-state index < -0.39 is 0 Å². The third-order valence-corrected chi connectivity index (χ3v) is 4.15. The Labute approximate surface area is 133 Å². The topological polar surface area (TPSA) is 48.5 Å². The van der Waals surface area contributed by atoms with E-state index in [9.17, 15) is 4.79 Å². The predicted octanol–water partition coefficient (Wildman–Crippen LogP) is 1.07. The van der Waals surface area contributed by atoms with Gasteiger partial charge < -0.3 is 10.2 Å². The number of hydrogen-bond acceptors (Lipinski definition) is 4. The Bertz CT molecular complexity index is 483. The number of aromatic nitrogens is 1. The smallest absolute Gasteiger partial charge is 0.234 e. The van der Waals surface area contributed by atoms with Crippen LogP contribution in [0.4, 0.5) is 0 Å². The van der Waals surface area contributed by atoms with Crippen LogP contribution in [-0.2, 0) is 11.2 Å². The number of piperazine rings is 1. The zero-order chi connectivity index (χ0) is 15.9. The van der Waals surface area contributed by atoms with Crippen LogP contribution in [0.3, 0.4) is 0 Å². The molecule has 5 nitrogen and oxygen atoms in total. The molecule has 2 heterocycles. The second kappa shape index (κ2) is 8.25. The zero-order valence-electron chi connectivity index (χ0n) is 14.0. The standard InChI is InChI=1S/C17H28N4O/c1-4-20-8-10-21(11-9-20)13-17(22)19-15(3)12-16-7-5-6-14(2)18-16/h5-7,15H,4,8-13H2,1-3H3,(H,19,22). The van der Waals surface area contributed by atoms with Gasteiger partial charge in [-0.15, -0.1) is 0 Å². The summed E-state index contributed by atoms with van der Waals surface area (Å²) in [6.07, 6.45) is 0.775. The van der Waals surface area contributed by atoms with Crippen molar-refractivity contribution >= 4 is 5.91 Å². The van der Waals surface area contributed by atoms with Gasteiger partial charge >= 0.3 is 0 Å². The molecule has 2 rings (SSSR count). The lowest BCUT2D eigenvalue weighted by Crippen LogP contribution is -2.50. The van der Waals surface area contributed by atoms with E-state index in [1.165, 1.54) is 0 Å². The van der Waals surface area contributed by atoms with Crippen molar-refractivity contribution in [1.82, 2.24) is 20.1 Å². The molecule has 1 N–H and O–H groups in total. The molecule has 5 heteroatoms. The summed E-state index contributed by atoms with van der Waals surface area (Å²) in [6, 6.07) is 6.13. The minimum atomic E-state index is 0.110. The van der Waals surface area contributed by atoms with E-state index >= 15 is 0 Å². The van der Waals surface area contributed by atoms with Gasteiger partial charge in [-0.1, -0.05) is 13.0 Å². The van der Waals surface area contributed by atoms with Crippen molar-refractivity contribution in [2.24, 2.45) is 0 Å². The lowest BCUT2D eigenvalue weighted by atomic mass is 10.1. The lowest BCUT2D eigenvalue weighted by Gasteiger charge is -2.33. The van der Waals surface area contributed by atoms with E-state index in [1.807, 2.05) is 32.0 Å². The number of nitrogens with zero attached hydrogens (tertiary/aromatic N) is 3. The van der Waals surface area contributed by atoms with Gasteiger partial charge in [-0.05, 0) is 32.5 Å². The Morgan fingerprint density at radius 1 is 1.27 bits per heavy atom. The van der Waals surface area contributed by atoms with Crippen molar-refractivity contribution in [3.8, 4) is 0 Å². The van der Waals surface area contributed by atoms with Gasteiger partial charge in [0.15, 0.2) is 0 Å². The van der Waals surface area contributed by atoms with Crippen molar-refractivity contribution in [1.29, 1.82) is 0 Å². The highest BCUT2D eigenvalue weighted by molar-refractivity contribution is 5.78. The van der Waals surface area contributed by atoms with Gasteiger partial charge in [0.2, 0.25) is 5.91 Å². The van der Waals surface area contributed by atoms with E-state index in [0.717, 1.165) is 50.5 Å². The lowest BCUT2D eigenvalue weighted by molar-refractivity contribution is -0.123. The van der Waals surface area contributed by atoms with Crippen molar-refractivity contribution in [3.05, 3.63) is 29.6 Å². The summed E-state index contributed by atoms with van der Waals surface area (Å²) >= 11 is 0. The fourth-order valence-corrected chi connectivity index (χ4v) is 2.87. The summed E-state index contributed by atoms with van der Waals surface area (Å²) in [5.41, 5.74) is 2.05. The average molecular weight is 304 g/mol. The summed E-state index contributed by atoms with van der Waals surface area (Å²) in [7, 11) is 0. The number of amides is 1. The third-order valence-electron chi connectivity index (χ3n) is 4.15. The monoisotopic (exact) mass is 304 g/mol. The molecule has 0 radical (unpaired) electrons. The highest BCUT2D eigenvalue weighted by atomic mass is 16.2. The Morgan fingerprint density at radius 2 is 1.95 bits per heavy atom. The maximum absolute atomic E-state index is 12.1. The Hall–Kier alpha value is -1.46. The van der Waals surface area contributed by atoms with Gasteiger partial charge in [0, 0.05) is 50.0 Å². The van der Waals surface area contributed by atoms with Crippen LogP contribution in [0.1, 0.15) is 25.2 Å². The zero-order valence-corrected chi connectivity index (χ0v) is 14.0. The number of likely N-dealkylation sites (N-methyl/N-ethyl adjacent to an activating group) is 1. The molecule has 1 aromatic rings. The summed E-state index contributed by atoms with van der Waals surface area (Å²) in [6.45, 7) is 11.9. The largest absolute Gasteiger partial charge is 0.352 e. The summed E-state index contributed by atoms with van der Waals surface area (Å²) in [5.74, 6) is 0.116. The van der Waals surface area contributed by atoms with Gasteiger partial charge in [-0.2, -0.15) is 0 Å². The molecule has 1 fully saturated rings. The van der Waals surface area contributed by atoms with Crippen molar-refractivity contribution in [2.45, 2.75) is 33.2 Å². The van der Waals surface area contributed by atoms with E-state index in [0.29, 0.717) is 6.54 Å². The number of carbonyl (C=O) groups is 1. The van der Waals surface area contributed by atoms with Gasteiger partial charge in [0.25, 0.3) is 0 Å². The second-order valence-electron chi connectivity index (χ2n) is 6.15. The van der Waals surface area contributed by atoms with Gasteiger partial charge in [-0.25, -0.2) is 0 Å². The van der Waals surface area contributed by atoms with Crippen LogP contribution in [0, 0.1) is 6.92 Å². The number of carbonyl (C=O) groups excluding carboxylic acids is 1. The highest BCUT2D eigenvalue weighted by Gasteiger charge is 2.18. The van der Waals surface area contributed by atoms with Crippen molar-refractivity contribution in [3.63, 3.8) is 0 Å². The number of aryl methyl sites for hydroxylation is 1. The van der Waals surface area contributed by atoms with Crippen LogP contribution < -0.4 is 5.32 Å². The first-order valence-corrected chi connectivity index (χ1v) is 8.23. The van der Waals surface area contributed by atoms with Gasteiger partial charge in [0.1, 0.15) is 0 Å². The van der Waals surface area contributed by atoms with Crippen LogP contribution in [0.5, 0.6) is 0 Å². The normalized spacial score (nSPS) is 18.1. The quantitative estimate of drug-likeness (QED) is 0.854. The molecule has 0 spiro atoms. The van der Waals surface area contributed by atoms with E-state index in [4.69, 9.17) is 0 Å². The number of pyridine rings is 1. The SMILES string of the molecule is CCN1CCN(CC(=O)NC(C)Cc2cccc(C)n2)CC1. The molecule has 1 aliphatic rings. The van der Waals surface area contributed by atoms with Crippen LogP contribution in [0.2, 0.25) is 0 Å². The molecular formula is C17H28N4O. The molecule has 1 amide bonds. The van der Waals surface area contributed by atoms with Crippen LogP contribution in [0.25, 0.3) is 0 Å². The number of hydrogen-bond donors (Lipinski definition) is 1. The highest BCUT2D eigenvalue weighted by Crippen LogP contribution is 2.03. The molecule has 22 heavy (non-hydrogen) atoms. The summed E-state index contributed by atoms with van der Waals surface area (Å²) < 4.78 is 0.